The van der Waals surface area contributed by atoms with E-state index in [1.54, 1.807) is 6.08 Å². The molecule has 0 aliphatic heterocycles. The van der Waals surface area contributed by atoms with Gasteiger partial charge in [-0.25, -0.2) is 0 Å². The normalized spacial score (nSPS) is 9.55. The minimum absolute atomic E-state index is 0. The summed E-state index contributed by atoms with van der Waals surface area (Å²) in [4.78, 5) is 9.82. The first-order chi connectivity index (χ1) is 4.77. The average Bonchev–Trinajstić information content (AvgIpc) is 1.87. The molecule has 0 saturated carbocycles. The van der Waals surface area contributed by atoms with Crippen molar-refractivity contribution in [1.29, 1.82) is 0 Å². The Hall–Kier alpha value is 1.33. The van der Waals surface area contributed by atoms with Crippen molar-refractivity contribution in [3.63, 3.8) is 0 Å². The third kappa shape index (κ3) is 14.2. The average molecular weight is 245 g/mol. The first kappa shape index (κ1) is 14.8. The van der Waals surface area contributed by atoms with Crippen molar-refractivity contribution in [3.8, 4) is 0 Å². The molecule has 0 aromatic heterocycles. The molecule has 0 unspecified atom stereocenters. The molecule has 0 saturated heterocycles. The van der Waals surface area contributed by atoms with E-state index in [9.17, 15) is 9.90 Å². The fourth-order valence-electron chi connectivity index (χ4n) is 0.536. The van der Waals surface area contributed by atoms with Gasteiger partial charge in [-0.2, -0.15) is 0 Å². The van der Waals surface area contributed by atoms with Gasteiger partial charge in [0.1, 0.15) is 0 Å². The van der Waals surface area contributed by atoms with Crippen LogP contribution in [0.15, 0.2) is 12.2 Å². The largest absolute Gasteiger partial charge is 1.00 e. The zero-order valence-electron chi connectivity index (χ0n) is 6.68. The molecule has 58 valence electrons. The number of rotatable bonds is 5. The molecule has 11 heavy (non-hydrogen) atoms. The summed E-state index contributed by atoms with van der Waals surface area (Å²) in [6.07, 6.45) is 5.62. The number of carbonyl (C=O) groups is 1. The number of carbonyl (C=O) groups excluding carboxylic acids is 1. The zero-order chi connectivity index (χ0) is 7.82. The number of allylic oxidation sites excluding steroid dienone is 1. The molecule has 2 nitrogen and oxygen atoms in total. The van der Waals surface area contributed by atoms with Gasteiger partial charge in [-0.1, -0.05) is 22.0 Å². The van der Waals surface area contributed by atoms with Crippen molar-refractivity contribution >= 4 is 21.9 Å². The van der Waals surface area contributed by atoms with E-state index >= 15 is 0 Å². The molecule has 0 spiro atoms. The second-order valence-electron chi connectivity index (χ2n) is 1.91. The second kappa shape index (κ2) is 11.3. The molecule has 0 bridgehead atoms. The quantitative estimate of drug-likeness (QED) is 0.240. The van der Waals surface area contributed by atoms with Gasteiger partial charge in [0.2, 0.25) is 0 Å². The van der Waals surface area contributed by atoms with Crippen molar-refractivity contribution in [2.75, 3.05) is 5.33 Å². The van der Waals surface area contributed by atoms with Gasteiger partial charge in [0.05, 0.1) is 5.97 Å². The SMILES string of the molecule is O=C([O-])/C=C/CCCCBr.[K+]. The minimum Gasteiger partial charge on any atom is -0.545 e. The molecule has 0 N–H and O–H groups in total. The van der Waals surface area contributed by atoms with E-state index in [1.165, 1.54) is 0 Å². The van der Waals surface area contributed by atoms with Crippen LogP contribution < -0.4 is 56.5 Å². The van der Waals surface area contributed by atoms with E-state index in [1.807, 2.05) is 0 Å². The number of hydrogen-bond acceptors (Lipinski definition) is 2. The van der Waals surface area contributed by atoms with Gasteiger partial charge in [0, 0.05) is 5.33 Å². The van der Waals surface area contributed by atoms with Gasteiger partial charge in [0.25, 0.3) is 0 Å². The Morgan fingerprint density at radius 3 is 2.55 bits per heavy atom. The fraction of sp³-hybridized carbons (Fsp3) is 0.571. The van der Waals surface area contributed by atoms with Crippen LogP contribution >= 0.6 is 15.9 Å². The van der Waals surface area contributed by atoms with Crippen LogP contribution in [0, 0.1) is 0 Å². The van der Waals surface area contributed by atoms with Gasteiger partial charge < -0.3 is 9.90 Å². The molecule has 4 heteroatoms. The molecule has 0 aliphatic carbocycles. The van der Waals surface area contributed by atoms with Crippen molar-refractivity contribution in [2.24, 2.45) is 0 Å². The number of hydrogen-bond donors (Lipinski definition) is 0. The topological polar surface area (TPSA) is 40.1 Å². The van der Waals surface area contributed by atoms with E-state index in [-0.39, 0.29) is 51.4 Å². The Morgan fingerprint density at radius 2 is 2.09 bits per heavy atom. The first-order valence-electron chi connectivity index (χ1n) is 3.21. The maximum atomic E-state index is 9.82. The molecular weight excluding hydrogens is 235 g/mol. The van der Waals surface area contributed by atoms with Crippen LogP contribution in [0.2, 0.25) is 0 Å². The summed E-state index contributed by atoms with van der Waals surface area (Å²) in [5.41, 5.74) is 0. The monoisotopic (exact) mass is 244 g/mol. The molecule has 0 rings (SSSR count). The summed E-state index contributed by atoms with van der Waals surface area (Å²) in [6.45, 7) is 0. The Morgan fingerprint density at radius 1 is 1.45 bits per heavy atom. The minimum atomic E-state index is -1.11. The van der Waals surface area contributed by atoms with Crippen LogP contribution in [0.4, 0.5) is 0 Å². The van der Waals surface area contributed by atoms with Crippen LogP contribution in [-0.2, 0) is 4.79 Å². The predicted molar refractivity (Wildman–Crippen MR) is 41.8 cm³/mol. The van der Waals surface area contributed by atoms with Crippen molar-refractivity contribution < 1.29 is 61.3 Å². The van der Waals surface area contributed by atoms with E-state index in [2.05, 4.69) is 15.9 Å². The summed E-state index contributed by atoms with van der Waals surface area (Å²) < 4.78 is 0. The van der Waals surface area contributed by atoms with Crippen LogP contribution in [0.3, 0.4) is 0 Å². The number of carboxylic acid groups (broad SMARTS) is 1. The molecule has 0 amide bonds. The Kier molecular flexibility index (Phi) is 15.3. The summed E-state index contributed by atoms with van der Waals surface area (Å²) in [6, 6.07) is 0. The summed E-state index contributed by atoms with van der Waals surface area (Å²) >= 11 is 3.28. The van der Waals surface area contributed by atoms with Gasteiger partial charge >= 0.3 is 51.4 Å². The third-order valence-corrected chi connectivity index (χ3v) is 1.57. The van der Waals surface area contributed by atoms with Gasteiger partial charge in [-0.3, -0.25) is 0 Å². The van der Waals surface area contributed by atoms with E-state index < -0.39 is 5.97 Å². The maximum Gasteiger partial charge on any atom is 1.00 e. The van der Waals surface area contributed by atoms with Crippen LogP contribution in [0.25, 0.3) is 0 Å². The predicted octanol–water partition coefficient (Wildman–Crippen LogP) is -2.14. The fourth-order valence-corrected chi connectivity index (χ4v) is 0.933. The molecule has 0 aliphatic rings. The van der Waals surface area contributed by atoms with Crippen LogP contribution in [0.1, 0.15) is 19.3 Å². The van der Waals surface area contributed by atoms with Gasteiger partial charge in [-0.15, -0.1) is 0 Å². The number of carboxylic acids is 1. The summed E-state index contributed by atoms with van der Waals surface area (Å²) in [5, 5.41) is 10.8. The van der Waals surface area contributed by atoms with Gasteiger partial charge in [0.15, 0.2) is 0 Å². The Bertz CT molecular complexity index is 126. The van der Waals surface area contributed by atoms with Crippen molar-refractivity contribution in [3.05, 3.63) is 12.2 Å². The van der Waals surface area contributed by atoms with Crippen LogP contribution in [0.5, 0.6) is 0 Å². The molecule has 0 aromatic rings. The van der Waals surface area contributed by atoms with Crippen LogP contribution in [-0.4, -0.2) is 11.3 Å². The summed E-state index contributed by atoms with van der Waals surface area (Å²) in [7, 11) is 0. The molecule has 0 heterocycles. The van der Waals surface area contributed by atoms with Crippen molar-refractivity contribution in [1.82, 2.24) is 0 Å². The number of alkyl halides is 1. The second-order valence-corrected chi connectivity index (χ2v) is 2.70. The number of halogens is 1. The smallest absolute Gasteiger partial charge is 0.545 e. The number of unbranched alkanes of at least 4 members (excludes halogenated alkanes) is 2. The molecule has 0 aromatic carbocycles. The number of aliphatic carboxylic acids is 1. The Balaban J connectivity index is 0. The van der Waals surface area contributed by atoms with E-state index in [4.69, 9.17) is 0 Å². The Labute approximate surface area is 118 Å². The standard InChI is InChI=1S/C7H11BrO2.K/c8-6-4-2-1-3-5-7(9)10;/h3,5H,1-2,4,6H2,(H,9,10);/q;+1/p-1/b5-3+;. The summed E-state index contributed by atoms with van der Waals surface area (Å²) in [5.74, 6) is -1.11. The van der Waals surface area contributed by atoms with E-state index in [0.29, 0.717) is 0 Å². The molecule has 0 atom stereocenters. The molecule has 0 radical (unpaired) electrons. The maximum absolute atomic E-state index is 9.82. The molecular formula is C7H10BrKO2. The van der Waals surface area contributed by atoms with Crippen molar-refractivity contribution in [2.45, 2.75) is 19.3 Å². The first-order valence-corrected chi connectivity index (χ1v) is 4.33. The third-order valence-electron chi connectivity index (χ3n) is 1.01. The zero-order valence-corrected chi connectivity index (χ0v) is 11.4. The van der Waals surface area contributed by atoms with Gasteiger partial charge in [-0.05, 0) is 25.3 Å². The molecule has 0 fully saturated rings. The van der Waals surface area contributed by atoms with E-state index in [0.717, 1.165) is 30.7 Å².